The van der Waals surface area contributed by atoms with Crippen LogP contribution in [0.3, 0.4) is 0 Å². The second-order valence-corrected chi connectivity index (χ2v) is 7.73. The van der Waals surface area contributed by atoms with Crippen molar-refractivity contribution in [2.75, 3.05) is 26.7 Å². The van der Waals surface area contributed by atoms with E-state index in [-0.39, 0.29) is 36.1 Å². The van der Waals surface area contributed by atoms with Crippen LogP contribution in [0.4, 0.5) is 4.79 Å². The molecule has 0 unspecified atom stereocenters. The predicted molar refractivity (Wildman–Crippen MR) is 118 cm³/mol. The molecular formula is C18H33IN6O2. The van der Waals surface area contributed by atoms with E-state index in [0.29, 0.717) is 13.1 Å². The molecule has 2 heterocycles. The van der Waals surface area contributed by atoms with Crippen LogP contribution >= 0.6 is 24.0 Å². The van der Waals surface area contributed by atoms with Gasteiger partial charge in [0.1, 0.15) is 5.60 Å². The van der Waals surface area contributed by atoms with Gasteiger partial charge in [0, 0.05) is 38.9 Å². The minimum atomic E-state index is -0.460. The summed E-state index contributed by atoms with van der Waals surface area (Å²) in [6, 6.07) is 2.28. The molecule has 0 saturated carbocycles. The van der Waals surface area contributed by atoms with Gasteiger partial charge in [-0.05, 0) is 47.1 Å². The largest absolute Gasteiger partial charge is 0.444 e. The first-order valence-corrected chi connectivity index (χ1v) is 9.14. The maximum absolute atomic E-state index is 11.9. The fraction of sp³-hybridized carbons (Fsp3) is 0.722. The quantitative estimate of drug-likeness (QED) is 0.285. The smallest absolute Gasteiger partial charge is 0.410 e. The lowest BCUT2D eigenvalue weighted by Gasteiger charge is -2.40. The van der Waals surface area contributed by atoms with Gasteiger partial charge in [-0.15, -0.1) is 24.0 Å². The van der Waals surface area contributed by atoms with E-state index in [4.69, 9.17) is 4.74 Å². The van der Waals surface area contributed by atoms with Crippen molar-refractivity contribution in [2.24, 2.45) is 4.99 Å². The molecule has 8 nitrogen and oxygen atoms in total. The summed E-state index contributed by atoms with van der Waals surface area (Å²) in [5.74, 6) is 0.757. The van der Waals surface area contributed by atoms with Gasteiger partial charge in [-0.2, -0.15) is 5.10 Å². The Labute approximate surface area is 179 Å². The number of aryl methyl sites for hydroxylation is 3. The average molecular weight is 492 g/mol. The molecule has 1 amide bonds. The molecule has 1 aliphatic rings. The highest BCUT2D eigenvalue weighted by Crippen LogP contribution is 2.15. The number of carbonyl (C=O) groups excluding carboxylic acids is 1. The van der Waals surface area contributed by atoms with E-state index in [1.165, 1.54) is 5.69 Å². The highest BCUT2D eigenvalue weighted by atomic mass is 127. The number of rotatable bonds is 5. The van der Waals surface area contributed by atoms with Crippen LogP contribution in [0.1, 0.15) is 38.6 Å². The van der Waals surface area contributed by atoms with Crippen molar-refractivity contribution in [2.45, 2.75) is 59.2 Å². The highest BCUT2D eigenvalue weighted by Gasteiger charge is 2.34. The summed E-state index contributed by atoms with van der Waals surface area (Å²) in [5.41, 5.74) is 1.77. The standard InChI is InChI=1S/C18H32N6O2.HI/c1-13-10-14(2)24(22-13)9-7-8-20-16(19-6)21-15-11-23(12-15)17(25)26-18(3,4)5;/h10,15H,7-9,11-12H2,1-6H3,(H2,19,20,21);1H. The molecule has 0 aliphatic carbocycles. The number of hydrogen-bond acceptors (Lipinski definition) is 4. The molecule has 27 heavy (non-hydrogen) atoms. The molecule has 0 spiro atoms. The minimum Gasteiger partial charge on any atom is -0.444 e. The average Bonchev–Trinajstić information content (AvgIpc) is 2.80. The normalized spacial score (nSPS) is 15.0. The van der Waals surface area contributed by atoms with Crippen molar-refractivity contribution >= 4 is 36.0 Å². The molecule has 1 aliphatic heterocycles. The number of nitrogens with one attached hydrogen (secondary N) is 2. The molecule has 0 bridgehead atoms. The third-order valence-corrected chi connectivity index (χ3v) is 4.04. The number of carbonyl (C=O) groups is 1. The number of guanidine groups is 1. The summed E-state index contributed by atoms with van der Waals surface area (Å²) in [6.45, 7) is 12.6. The predicted octanol–water partition coefficient (Wildman–Crippen LogP) is 2.29. The molecule has 1 fully saturated rings. The number of aromatic nitrogens is 2. The maximum Gasteiger partial charge on any atom is 0.410 e. The van der Waals surface area contributed by atoms with Crippen LogP contribution in [0.25, 0.3) is 0 Å². The topological polar surface area (TPSA) is 83.8 Å². The van der Waals surface area contributed by atoms with Crippen LogP contribution in [0, 0.1) is 13.8 Å². The Morgan fingerprint density at radius 1 is 1.37 bits per heavy atom. The van der Waals surface area contributed by atoms with Crippen molar-refractivity contribution in [1.29, 1.82) is 0 Å². The van der Waals surface area contributed by atoms with Crippen molar-refractivity contribution in [3.05, 3.63) is 17.5 Å². The Bertz CT molecular complexity index is 647. The fourth-order valence-electron chi connectivity index (χ4n) is 2.77. The van der Waals surface area contributed by atoms with Gasteiger partial charge in [0.15, 0.2) is 5.96 Å². The van der Waals surface area contributed by atoms with Crippen LogP contribution in [-0.4, -0.2) is 65.1 Å². The zero-order chi connectivity index (χ0) is 19.3. The lowest BCUT2D eigenvalue weighted by Crippen LogP contribution is -2.63. The number of halogens is 1. The van der Waals surface area contributed by atoms with Gasteiger partial charge in [-0.3, -0.25) is 9.67 Å². The lowest BCUT2D eigenvalue weighted by molar-refractivity contribution is 0.00701. The third-order valence-electron chi connectivity index (χ3n) is 4.04. The first-order chi connectivity index (χ1) is 12.2. The molecule has 0 radical (unpaired) electrons. The van der Waals surface area contributed by atoms with Gasteiger partial charge in [0.05, 0.1) is 11.7 Å². The van der Waals surface area contributed by atoms with Gasteiger partial charge < -0.3 is 20.3 Å². The number of ether oxygens (including phenoxy) is 1. The van der Waals surface area contributed by atoms with Crippen LogP contribution < -0.4 is 10.6 Å². The first-order valence-electron chi connectivity index (χ1n) is 9.14. The summed E-state index contributed by atoms with van der Waals surface area (Å²) in [4.78, 5) is 17.9. The molecule has 1 aromatic heterocycles. The number of nitrogens with zero attached hydrogens (tertiary/aromatic N) is 4. The van der Waals surface area contributed by atoms with Gasteiger partial charge in [-0.1, -0.05) is 0 Å². The Kier molecular flexibility index (Phi) is 8.83. The number of aliphatic imine (C=N–C) groups is 1. The second kappa shape index (κ2) is 10.1. The van der Waals surface area contributed by atoms with Gasteiger partial charge in [-0.25, -0.2) is 4.79 Å². The zero-order valence-electron chi connectivity index (χ0n) is 17.2. The van der Waals surface area contributed by atoms with E-state index in [0.717, 1.165) is 31.2 Å². The van der Waals surface area contributed by atoms with Crippen LogP contribution in [0.5, 0.6) is 0 Å². The molecule has 1 saturated heterocycles. The first kappa shape index (κ1) is 23.5. The summed E-state index contributed by atoms with van der Waals surface area (Å²) in [6.07, 6.45) is 0.695. The van der Waals surface area contributed by atoms with E-state index in [9.17, 15) is 4.79 Å². The third kappa shape index (κ3) is 7.55. The Balaban J connectivity index is 0.00000364. The van der Waals surface area contributed by atoms with Crippen molar-refractivity contribution in [3.63, 3.8) is 0 Å². The molecule has 0 aromatic carbocycles. The van der Waals surface area contributed by atoms with E-state index >= 15 is 0 Å². The summed E-state index contributed by atoms with van der Waals surface area (Å²) < 4.78 is 7.38. The molecule has 0 atom stereocenters. The Morgan fingerprint density at radius 2 is 2.04 bits per heavy atom. The van der Waals surface area contributed by atoms with Crippen LogP contribution in [0.15, 0.2) is 11.1 Å². The summed E-state index contributed by atoms with van der Waals surface area (Å²) in [5, 5.41) is 11.1. The van der Waals surface area contributed by atoms with Crippen molar-refractivity contribution < 1.29 is 9.53 Å². The van der Waals surface area contributed by atoms with Crippen molar-refractivity contribution in [1.82, 2.24) is 25.3 Å². The van der Waals surface area contributed by atoms with Gasteiger partial charge in [0.2, 0.25) is 0 Å². The monoisotopic (exact) mass is 492 g/mol. The van der Waals surface area contributed by atoms with E-state index in [1.54, 1.807) is 11.9 Å². The Morgan fingerprint density at radius 3 is 2.56 bits per heavy atom. The lowest BCUT2D eigenvalue weighted by atomic mass is 10.1. The number of likely N-dealkylation sites (tertiary alicyclic amines) is 1. The molecule has 1 aromatic rings. The second-order valence-electron chi connectivity index (χ2n) is 7.73. The number of hydrogen-bond donors (Lipinski definition) is 2. The fourth-order valence-corrected chi connectivity index (χ4v) is 2.77. The van der Waals surface area contributed by atoms with Gasteiger partial charge in [0.25, 0.3) is 0 Å². The summed E-state index contributed by atoms with van der Waals surface area (Å²) >= 11 is 0. The molecule has 9 heteroatoms. The number of amides is 1. The molecule has 2 rings (SSSR count). The van der Waals surface area contributed by atoms with Gasteiger partial charge >= 0.3 is 6.09 Å². The highest BCUT2D eigenvalue weighted by molar-refractivity contribution is 14.0. The molecule has 2 N–H and O–H groups in total. The van der Waals surface area contributed by atoms with Crippen LogP contribution in [0.2, 0.25) is 0 Å². The minimum absolute atomic E-state index is 0. The summed E-state index contributed by atoms with van der Waals surface area (Å²) in [7, 11) is 1.75. The Hall–Kier alpha value is -1.52. The van der Waals surface area contributed by atoms with Crippen molar-refractivity contribution in [3.8, 4) is 0 Å². The van der Waals surface area contributed by atoms with E-state index in [2.05, 4.69) is 33.7 Å². The zero-order valence-corrected chi connectivity index (χ0v) is 19.5. The molecular weight excluding hydrogens is 459 g/mol. The van der Waals surface area contributed by atoms with E-state index < -0.39 is 5.60 Å². The molecule has 154 valence electrons. The maximum atomic E-state index is 11.9. The van der Waals surface area contributed by atoms with Crippen LogP contribution in [-0.2, 0) is 11.3 Å². The SMILES string of the molecule is CN=C(NCCCn1nc(C)cc1C)NC1CN(C(=O)OC(C)(C)C)C1.I. The van der Waals surface area contributed by atoms with E-state index in [1.807, 2.05) is 32.4 Å².